The maximum absolute atomic E-state index is 8.98. The lowest BCUT2D eigenvalue weighted by Crippen LogP contribution is -2.21. The van der Waals surface area contributed by atoms with E-state index in [0.29, 0.717) is 12.3 Å². The van der Waals surface area contributed by atoms with Crippen LogP contribution in [0.25, 0.3) is 0 Å². The van der Waals surface area contributed by atoms with Crippen LogP contribution in [-0.2, 0) is 6.61 Å². The first-order valence-electron chi connectivity index (χ1n) is 5.30. The first kappa shape index (κ1) is 10.6. The molecule has 1 atom stereocenters. The summed E-state index contributed by atoms with van der Waals surface area (Å²) in [5.41, 5.74) is 0.674. The van der Waals surface area contributed by atoms with Crippen molar-refractivity contribution in [2.45, 2.75) is 12.7 Å². The SMILES string of the molecule is OCc1csc(C2COc3ccccc3O2)n1. The van der Waals surface area contributed by atoms with Gasteiger partial charge >= 0.3 is 0 Å². The lowest BCUT2D eigenvalue weighted by molar-refractivity contribution is 0.0908. The molecule has 1 aliphatic rings. The van der Waals surface area contributed by atoms with Crippen molar-refractivity contribution in [3.8, 4) is 11.5 Å². The number of para-hydroxylation sites is 2. The van der Waals surface area contributed by atoms with Gasteiger partial charge in [-0.3, -0.25) is 0 Å². The summed E-state index contributed by atoms with van der Waals surface area (Å²) in [5, 5.41) is 11.6. The minimum absolute atomic E-state index is 0.0410. The summed E-state index contributed by atoms with van der Waals surface area (Å²) in [6.07, 6.45) is -0.185. The molecule has 0 fully saturated rings. The van der Waals surface area contributed by atoms with Gasteiger partial charge in [-0.2, -0.15) is 0 Å². The van der Waals surface area contributed by atoms with Gasteiger partial charge in [-0.05, 0) is 12.1 Å². The molecule has 1 aliphatic heterocycles. The fourth-order valence-electron chi connectivity index (χ4n) is 1.68. The fraction of sp³-hybridized carbons (Fsp3) is 0.250. The monoisotopic (exact) mass is 249 g/mol. The highest BCUT2D eigenvalue weighted by molar-refractivity contribution is 7.09. The second kappa shape index (κ2) is 4.35. The van der Waals surface area contributed by atoms with Gasteiger partial charge in [-0.15, -0.1) is 11.3 Å². The lowest BCUT2D eigenvalue weighted by atomic mass is 10.2. The van der Waals surface area contributed by atoms with E-state index in [1.807, 2.05) is 29.6 Å². The molecule has 2 heterocycles. The van der Waals surface area contributed by atoms with Crippen molar-refractivity contribution in [3.05, 3.63) is 40.3 Å². The molecule has 5 heteroatoms. The van der Waals surface area contributed by atoms with Gasteiger partial charge in [-0.1, -0.05) is 12.1 Å². The van der Waals surface area contributed by atoms with E-state index in [0.717, 1.165) is 16.5 Å². The number of fused-ring (bicyclic) bond motifs is 1. The van der Waals surface area contributed by atoms with E-state index < -0.39 is 0 Å². The van der Waals surface area contributed by atoms with Crippen molar-refractivity contribution in [2.75, 3.05) is 6.61 Å². The summed E-state index contributed by atoms with van der Waals surface area (Å²) in [4.78, 5) is 4.29. The van der Waals surface area contributed by atoms with Crippen LogP contribution in [0, 0.1) is 0 Å². The van der Waals surface area contributed by atoms with Crippen LogP contribution in [0.15, 0.2) is 29.6 Å². The number of rotatable bonds is 2. The van der Waals surface area contributed by atoms with Gasteiger partial charge in [0.2, 0.25) is 0 Å². The van der Waals surface area contributed by atoms with Crippen LogP contribution in [0.5, 0.6) is 11.5 Å². The Hall–Kier alpha value is -1.59. The Morgan fingerprint density at radius 3 is 2.94 bits per heavy atom. The molecule has 2 aromatic rings. The van der Waals surface area contributed by atoms with Gasteiger partial charge in [0, 0.05) is 5.38 Å². The second-order valence-corrected chi connectivity index (χ2v) is 4.59. The number of ether oxygens (including phenoxy) is 2. The highest BCUT2D eigenvalue weighted by Crippen LogP contribution is 2.36. The first-order chi connectivity index (χ1) is 8.36. The third-order valence-electron chi connectivity index (χ3n) is 2.52. The molecular formula is C12H11NO3S. The molecule has 1 unspecified atom stereocenters. The normalized spacial score (nSPS) is 18.1. The molecule has 0 spiro atoms. The number of thiazole rings is 1. The molecule has 4 nitrogen and oxygen atoms in total. The summed E-state index contributed by atoms with van der Waals surface area (Å²) >= 11 is 1.48. The summed E-state index contributed by atoms with van der Waals surface area (Å²) in [7, 11) is 0. The van der Waals surface area contributed by atoms with E-state index in [-0.39, 0.29) is 12.7 Å². The topological polar surface area (TPSA) is 51.6 Å². The number of aliphatic hydroxyl groups excluding tert-OH is 1. The summed E-state index contributed by atoms with van der Waals surface area (Å²) in [6.45, 7) is 0.413. The molecule has 0 amide bonds. The van der Waals surface area contributed by atoms with Crippen LogP contribution in [-0.4, -0.2) is 16.7 Å². The van der Waals surface area contributed by atoms with Crippen molar-refractivity contribution in [3.63, 3.8) is 0 Å². The molecule has 0 radical (unpaired) electrons. The molecule has 1 aromatic heterocycles. The zero-order valence-corrected chi connectivity index (χ0v) is 9.81. The molecule has 0 saturated heterocycles. The molecule has 0 bridgehead atoms. The number of hydrogen-bond acceptors (Lipinski definition) is 5. The number of aromatic nitrogens is 1. The third-order valence-corrected chi connectivity index (χ3v) is 3.50. The Morgan fingerprint density at radius 2 is 2.18 bits per heavy atom. The van der Waals surface area contributed by atoms with Crippen LogP contribution in [0.4, 0.5) is 0 Å². The third kappa shape index (κ3) is 1.99. The highest BCUT2D eigenvalue weighted by atomic mass is 32.1. The predicted octanol–water partition coefficient (Wildman–Crippen LogP) is 2.15. The maximum atomic E-state index is 8.98. The number of hydrogen-bond donors (Lipinski definition) is 1. The van der Waals surface area contributed by atoms with Crippen LogP contribution in [0.2, 0.25) is 0 Å². The number of benzene rings is 1. The standard InChI is InChI=1S/C12H11NO3S/c14-5-8-7-17-12(13-8)11-6-15-9-3-1-2-4-10(9)16-11/h1-4,7,11,14H,5-6H2. The van der Waals surface area contributed by atoms with Crippen LogP contribution >= 0.6 is 11.3 Å². The average molecular weight is 249 g/mol. The van der Waals surface area contributed by atoms with Crippen LogP contribution in [0.1, 0.15) is 16.8 Å². The quantitative estimate of drug-likeness (QED) is 0.886. The molecule has 88 valence electrons. The van der Waals surface area contributed by atoms with Gasteiger partial charge in [0.15, 0.2) is 17.6 Å². The van der Waals surface area contributed by atoms with Gasteiger partial charge in [0.1, 0.15) is 11.6 Å². The van der Waals surface area contributed by atoms with E-state index in [1.165, 1.54) is 11.3 Å². The van der Waals surface area contributed by atoms with Gasteiger partial charge in [0.25, 0.3) is 0 Å². The molecule has 17 heavy (non-hydrogen) atoms. The Morgan fingerprint density at radius 1 is 1.35 bits per heavy atom. The second-order valence-electron chi connectivity index (χ2n) is 3.70. The van der Waals surface area contributed by atoms with Gasteiger partial charge in [-0.25, -0.2) is 4.98 Å². The zero-order chi connectivity index (χ0) is 11.7. The van der Waals surface area contributed by atoms with E-state index in [4.69, 9.17) is 14.6 Å². The predicted molar refractivity (Wildman–Crippen MR) is 63.3 cm³/mol. The summed E-state index contributed by atoms with van der Waals surface area (Å²) in [5.74, 6) is 1.51. The van der Waals surface area contributed by atoms with E-state index >= 15 is 0 Å². The fourth-order valence-corrected chi connectivity index (χ4v) is 2.51. The highest BCUT2D eigenvalue weighted by Gasteiger charge is 2.24. The molecule has 1 aromatic carbocycles. The Bertz CT molecular complexity index is 526. The Kier molecular flexibility index (Phi) is 2.70. The van der Waals surface area contributed by atoms with Crippen molar-refractivity contribution in [2.24, 2.45) is 0 Å². The molecule has 0 saturated carbocycles. The first-order valence-corrected chi connectivity index (χ1v) is 6.18. The van der Waals surface area contributed by atoms with E-state index in [1.54, 1.807) is 0 Å². The van der Waals surface area contributed by atoms with Crippen LogP contribution < -0.4 is 9.47 Å². The number of nitrogens with zero attached hydrogens (tertiary/aromatic N) is 1. The largest absolute Gasteiger partial charge is 0.485 e. The minimum atomic E-state index is -0.185. The summed E-state index contributed by atoms with van der Waals surface area (Å²) < 4.78 is 11.4. The molecule has 0 aliphatic carbocycles. The number of aliphatic hydroxyl groups is 1. The van der Waals surface area contributed by atoms with Crippen molar-refractivity contribution in [1.82, 2.24) is 4.98 Å². The molecule has 1 N–H and O–H groups in total. The van der Waals surface area contributed by atoms with Gasteiger partial charge < -0.3 is 14.6 Å². The Balaban J connectivity index is 1.84. The maximum Gasteiger partial charge on any atom is 0.184 e. The van der Waals surface area contributed by atoms with E-state index in [9.17, 15) is 0 Å². The molecule has 3 rings (SSSR count). The minimum Gasteiger partial charge on any atom is -0.485 e. The van der Waals surface area contributed by atoms with Gasteiger partial charge in [0.05, 0.1) is 12.3 Å². The van der Waals surface area contributed by atoms with Crippen molar-refractivity contribution >= 4 is 11.3 Å². The lowest BCUT2D eigenvalue weighted by Gasteiger charge is -2.24. The average Bonchev–Trinajstić information content (AvgIpc) is 2.87. The van der Waals surface area contributed by atoms with Crippen molar-refractivity contribution < 1.29 is 14.6 Å². The smallest absolute Gasteiger partial charge is 0.184 e. The van der Waals surface area contributed by atoms with Crippen molar-refractivity contribution in [1.29, 1.82) is 0 Å². The summed E-state index contributed by atoms with van der Waals surface area (Å²) in [6, 6.07) is 7.58. The van der Waals surface area contributed by atoms with Crippen LogP contribution in [0.3, 0.4) is 0 Å². The Labute approximate surface area is 102 Å². The van der Waals surface area contributed by atoms with E-state index in [2.05, 4.69) is 4.98 Å². The molecular weight excluding hydrogens is 238 g/mol. The zero-order valence-electron chi connectivity index (χ0n) is 9.00.